The van der Waals surface area contributed by atoms with E-state index in [9.17, 15) is 4.79 Å². The fourth-order valence-corrected chi connectivity index (χ4v) is 4.29. The van der Waals surface area contributed by atoms with Crippen molar-refractivity contribution in [3.8, 4) is 11.3 Å². The molecule has 0 amide bonds. The number of carbonyl (C=O) groups excluding carboxylic acids is 1. The Bertz CT molecular complexity index is 986. The van der Waals surface area contributed by atoms with Gasteiger partial charge in [0.2, 0.25) is 0 Å². The standard InChI is InChI=1S/C21H23N3O2S/c1-21(22)7-9-24(10-8-21)20-23-18(13-27-20)16-5-3-15-12-17(19(25)26-2)6-4-14(15)11-16/h3-6,11-13H,7-10,22H2,1-2H3. The van der Waals surface area contributed by atoms with Crippen molar-refractivity contribution in [2.45, 2.75) is 25.3 Å². The minimum Gasteiger partial charge on any atom is -0.465 e. The number of nitrogens with zero attached hydrogens (tertiary/aromatic N) is 2. The first-order valence-corrected chi connectivity index (χ1v) is 9.95. The second-order valence-corrected chi connectivity index (χ2v) is 8.26. The first-order valence-electron chi connectivity index (χ1n) is 9.07. The summed E-state index contributed by atoms with van der Waals surface area (Å²) in [5, 5.41) is 5.25. The van der Waals surface area contributed by atoms with Crippen LogP contribution < -0.4 is 10.6 Å². The summed E-state index contributed by atoms with van der Waals surface area (Å²) in [4.78, 5) is 18.9. The molecule has 0 atom stereocenters. The molecule has 1 aliphatic rings. The molecule has 0 unspecified atom stereocenters. The maximum Gasteiger partial charge on any atom is 0.337 e. The minimum absolute atomic E-state index is 0.0576. The van der Waals surface area contributed by atoms with Crippen molar-refractivity contribution in [1.29, 1.82) is 0 Å². The maximum absolute atomic E-state index is 11.7. The number of aromatic nitrogens is 1. The number of hydrogen-bond acceptors (Lipinski definition) is 6. The molecular formula is C21H23N3O2S. The number of anilines is 1. The summed E-state index contributed by atoms with van der Waals surface area (Å²) in [6.45, 7) is 4.03. The lowest BCUT2D eigenvalue weighted by atomic mass is 9.91. The molecule has 5 nitrogen and oxygen atoms in total. The summed E-state index contributed by atoms with van der Waals surface area (Å²) in [6.07, 6.45) is 1.97. The Balaban J connectivity index is 1.58. The van der Waals surface area contributed by atoms with Gasteiger partial charge in [-0.25, -0.2) is 9.78 Å². The lowest BCUT2D eigenvalue weighted by molar-refractivity contribution is 0.0601. The molecule has 27 heavy (non-hydrogen) atoms. The molecule has 1 fully saturated rings. The zero-order chi connectivity index (χ0) is 19.0. The van der Waals surface area contributed by atoms with E-state index in [4.69, 9.17) is 15.5 Å². The Morgan fingerprint density at radius 1 is 1.19 bits per heavy atom. The molecule has 140 valence electrons. The average molecular weight is 382 g/mol. The highest BCUT2D eigenvalue weighted by molar-refractivity contribution is 7.14. The maximum atomic E-state index is 11.7. The molecule has 2 N–H and O–H groups in total. The Labute approximate surface area is 162 Å². The molecule has 1 aromatic heterocycles. The predicted octanol–water partition coefficient (Wildman–Crippen LogP) is 4.07. The first-order chi connectivity index (χ1) is 12.9. The van der Waals surface area contributed by atoms with Crippen LogP contribution in [0.4, 0.5) is 5.13 Å². The normalized spacial score (nSPS) is 16.5. The summed E-state index contributed by atoms with van der Waals surface area (Å²) in [5.74, 6) is -0.319. The van der Waals surface area contributed by atoms with E-state index in [1.54, 1.807) is 17.4 Å². The molecule has 0 spiro atoms. The molecule has 3 aromatic rings. The third-order valence-corrected chi connectivity index (χ3v) is 6.13. The van der Waals surface area contributed by atoms with Gasteiger partial charge in [0, 0.05) is 29.6 Å². The SMILES string of the molecule is COC(=O)c1ccc2cc(-c3csc(N4CCC(C)(N)CC4)n3)ccc2c1. The van der Waals surface area contributed by atoms with E-state index in [1.807, 2.05) is 18.2 Å². The number of benzene rings is 2. The van der Waals surface area contributed by atoms with Gasteiger partial charge in [0.1, 0.15) is 0 Å². The number of nitrogens with two attached hydrogens (primary N) is 1. The molecule has 0 bridgehead atoms. The summed E-state index contributed by atoms with van der Waals surface area (Å²) in [5.41, 5.74) is 8.80. The number of piperidine rings is 1. The second kappa shape index (κ2) is 6.94. The van der Waals surface area contributed by atoms with Crippen LogP contribution in [-0.4, -0.2) is 36.7 Å². The Morgan fingerprint density at radius 3 is 2.63 bits per heavy atom. The third kappa shape index (κ3) is 3.68. The predicted molar refractivity (Wildman–Crippen MR) is 110 cm³/mol. The van der Waals surface area contributed by atoms with Gasteiger partial charge < -0.3 is 15.4 Å². The van der Waals surface area contributed by atoms with Crippen molar-refractivity contribution in [2.24, 2.45) is 5.73 Å². The number of thiazole rings is 1. The van der Waals surface area contributed by atoms with Gasteiger partial charge in [-0.2, -0.15) is 0 Å². The van der Waals surface area contributed by atoms with Crippen molar-refractivity contribution >= 4 is 33.2 Å². The number of carbonyl (C=O) groups is 1. The van der Waals surface area contributed by atoms with Crippen molar-refractivity contribution in [1.82, 2.24) is 4.98 Å². The number of fused-ring (bicyclic) bond motifs is 1. The highest BCUT2D eigenvalue weighted by Gasteiger charge is 2.27. The van der Waals surface area contributed by atoms with Crippen molar-refractivity contribution in [3.63, 3.8) is 0 Å². The molecule has 2 heterocycles. The van der Waals surface area contributed by atoms with Crippen molar-refractivity contribution < 1.29 is 9.53 Å². The van der Waals surface area contributed by atoms with Crippen LogP contribution in [0.3, 0.4) is 0 Å². The van der Waals surface area contributed by atoms with E-state index >= 15 is 0 Å². The molecule has 6 heteroatoms. The zero-order valence-electron chi connectivity index (χ0n) is 15.6. The van der Waals surface area contributed by atoms with Crippen LogP contribution >= 0.6 is 11.3 Å². The van der Waals surface area contributed by atoms with Crippen LogP contribution in [0.25, 0.3) is 22.0 Å². The molecule has 2 aromatic carbocycles. The van der Waals surface area contributed by atoms with Gasteiger partial charge in [0.05, 0.1) is 18.4 Å². The van der Waals surface area contributed by atoms with Crippen LogP contribution in [0.2, 0.25) is 0 Å². The average Bonchev–Trinajstić information content (AvgIpc) is 3.16. The summed E-state index contributed by atoms with van der Waals surface area (Å²) >= 11 is 1.68. The van der Waals surface area contributed by atoms with Gasteiger partial charge in [-0.15, -0.1) is 11.3 Å². The second-order valence-electron chi connectivity index (χ2n) is 7.42. The highest BCUT2D eigenvalue weighted by Crippen LogP contribution is 2.32. The Kier molecular flexibility index (Phi) is 4.61. The lowest BCUT2D eigenvalue weighted by Gasteiger charge is -2.36. The quantitative estimate of drug-likeness (QED) is 0.693. The molecule has 0 saturated carbocycles. The molecule has 1 aliphatic heterocycles. The van der Waals surface area contributed by atoms with Gasteiger partial charge in [0.15, 0.2) is 5.13 Å². The molecular weight excluding hydrogens is 358 g/mol. The van der Waals surface area contributed by atoms with E-state index in [2.05, 4.69) is 29.3 Å². The Hall–Kier alpha value is -2.44. The number of ether oxygens (including phenoxy) is 1. The molecule has 0 aliphatic carbocycles. The third-order valence-electron chi connectivity index (χ3n) is 5.23. The van der Waals surface area contributed by atoms with Gasteiger partial charge in [-0.05, 0) is 48.7 Å². The van der Waals surface area contributed by atoms with E-state index < -0.39 is 0 Å². The van der Waals surface area contributed by atoms with Crippen molar-refractivity contribution in [2.75, 3.05) is 25.1 Å². The van der Waals surface area contributed by atoms with Crippen molar-refractivity contribution in [3.05, 3.63) is 47.3 Å². The van der Waals surface area contributed by atoms with E-state index in [-0.39, 0.29) is 11.5 Å². The lowest BCUT2D eigenvalue weighted by Crippen LogP contribution is -2.48. The van der Waals surface area contributed by atoms with Crippen LogP contribution in [0.15, 0.2) is 41.8 Å². The zero-order valence-corrected chi connectivity index (χ0v) is 16.4. The smallest absolute Gasteiger partial charge is 0.337 e. The molecule has 4 rings (SSSR count). The number of methoxy groups -OCH3 is 1. The fourth-order valence-electron chi connectivity index (χ4n) is 3.40. The molecule has 1 saturated heterocycles. The summed E-state index contributed by atoms with van der Waals surface area (Å²) < 4.78 is 4.79. The largest absolute Gasteiger partial charge is 0.465 e. The molecule has 0 radical (unpaired) electrons. The van der Waals surface area contributed by atoms with Crippen LogP contribution in [0.5, 0.6) is 0 Å². The highest BCUT2D eigenvalue weighted by atomic mass is 32.1. The summed E-state index contributed by atoms with van der Waals surface area (Å²) in [7, 11) is 1.39. The summed E-state index contributed by atoms with van der Waals surface area (Å²) in [6, 6.07) is 11.8. The van der Waals surface area contributed by atoms with Crippen LogP contribution in [0, 0.1) is 0 Å². The van der Waals surface area contributed by atoms with Gasteiger partial charge in [-0.1, -0.05) is 18.2 Å². The van der Waals surface area contributed by atoms with Gasteiger partial charge in [0.25, 0.3) is 0 Å². The number of rotatable bonds is 3. The van der Waals surface area contributed by atoms with Crippen LogP contribution in [0.1, 0.15) is 30.1 Å². The van der Waals surface area contributed by atoms with Gasteiger partial charge >= 0.3 is 5.97 Å². The topological polar surface area (TPSA) is 68.5 Å². The van der Waals surface area contributed by atoms with E-state index in [0.717, 1.165) is 53.1 Å². The number of hydrogen-bond donors (Lipinski definition) is 1. The van der Waals surface area contributed by atoms with E-state index in [1.165, 1.54) is 7.11 Å². The minimum atomic E-state index is -0.319. The fraction of sp³-hybridized carbons (Fsp3) is 0.333. The Morgan fingerprint density at radius 2 is 1.89 bits per heavy atom. The van der Waals surface area contributed by atoms with Gasteiger partial charge in [-0.3, -0.25) is 0 Å². The van der Waals surface area contributed by atoms with E-state index in [0.29, 0.717) is 5.56 Å². The number of esters is 1. The van der Waals surface area contributed by atoms with Crippen LogP contribution in [-0.2, 0) is 4.74 Å². The first kappa shape index (κ1) is 17.9. The monoisotopic (exact) mass is 381 g/mol.